The third-order valence-corrected chi connectivity index (χ3v) is 2.68. The molecular formula is C14H19NO3. The molecule has 0 aliphatic rings. The Hall–Kier alpha value is -1.97. The Morgan fingerprint density at radius 1 is 1.28 bits per heavy atom. The van der Waals surface area contributed by atoms with Crippen molar-refractivity contribution in [2.45, 2.75) is 6.92 Å². The van der Waals surface area contributed by atoms with Crippen LogP contribution in [0.1, 0.15) is 12.5 Å². The predicted octanol–water partition coefficient (Wildman–Crippen LogP) is 2.20. The van der Waals surface area contributed by atoms with E-state index in [1.165, 1.54) is 0 Å². The van der Waals surface area contributed by atoms with E-state index in [9.17, 15) is 4.79 Å². The van der Waals surface area contributed by atoms with E-state index in [-0.39, 0.29) is 5.91 Å². The van der Waals surface area contributed by atoms with Crippen LogP contribution in [-0.4, -0.2) is 38.6 Å². The zero-order valence-electron chi connectivity index (χ0n) is 11.3. The van der Waals surface area contributed by atoms with Gasteiger partial charge in [0.25, 0.3) is 0 Å². The van der Waals surface area contributed by atoms with Crippen molar-refractivity contribution >= 4 is 12.0 Å². The molecule has 0 saturated carbocycles. The van der Waals surface area contributed by atoms with Crippen molar-refractivity contribution < 1.29 is 14.3 Å². The number of hydrogen-bond acceptors (Lipinski definition) is 3. The number of rotatable bonds is 5. The van der Waals surface area contributed by atoms with Crippen LogP contribution in [0.4, 0.5) is 0 Å². The minimum absolute atomic E-state index is 0.0210. The van der Waals surface area contributed by atoms with Crippen molar-refractivity contribution in [3.05, 3.63) is 29.8 Å². The van der Waals surface area contributed by atoms with E-state index in [2.05, 4.69) is 0 Å². The third kappa shape index (κ3) is 3.52. The fourth-order valence-electron chi connectivity index (χ4n) is 1.41. The molecule has 4 heteroatoms. The number of carbonyl (C=O) groups is 1. The standard InChI is InChI=1S/C14H19NO3/c1-5-15(2)14(16)9-7-11-6-8-12(17-3)13(10-11)18-4/h6-10H,5H2,1-4H3/b9-7+. The lowest BCUT2D eigenvalue weighted by atomic mass is 10.2. The molecule has 0 atom stereocenters. The first kappa shape index (κ1) is 14.1. The number of carbonyl (C=O) groups excluding carboxylic acids is 1. The van der Waals surface area contributed by atoms with Gasteiger partial charge < -0.3 is 14.4 Å². The number of methoxy groups -OCH3 is 2. The summed E-state index contributed by atoms with van der Waals surface area (Å²) in [4.78, 5) is 13.2. The van der Waals surface area contributed by atoms with Crippen molar-refractivity contribution in [2.24, 2.45) is 0 Å². The van der Waals surface area contributed by atoms with Gasteiger partial charge in [0.2, 0.25) is 5.91 Å². The molecule has 0 bridgehead atoms. The number of ether oxygens (including phenoxy) is 2. The molecule has 0 unspecified atom stereocenters. The van der Waals surface area contributed by atoms with Crippen LogP contribution in [0, 0.1) is 0 Å². The van der Waals surface area contributed by atoms with Crippen LogP contribution in [-0.2, 0) is 4.79 Å². The Morgan fingerprint density at radius 3 is 2.50 bits per heavy atom. The summed E-state index contributed by atoms with van der Waals surface area (Å²) in [5.74, 6) is 1.30. The smallest absolute Gasteiger partial charge is 0.246 e. The summed E-state index contributed by atoms with van der Waals surface area (Å²) in [6.07, 6.45) is 3.31. The molecular weight excluding hydrogens is 230 g/mol. The van der Waals surface area contributed by atoms with Gasteiger partial charge in [0, 0.05) is 19.7 Å². The normalized spacial score (nSPS) is 10.4. The summed E-state index contributed by atoms with van der Waals surface area (Å²) in [7, 11) is 4.94. The van der Waals surface area contributed by atoms with E-state index < -0.39 is 0 Å². The fourth-order valence-corrected chi connectivity index (χ4v) is 1.41. The Kier molecular flexibility index (Phi) is 5.24. The van der Waals surface area contributed by atoms with Crippen LogP contribution in [0.25, 0.3) is 6.08 Å². The van der Waals surface area contributed by atoms with Crippen molar-refractivity contribution in [3.8, 4) is 11.5 Å². The molecule has 0 fully saturated rings. The molecule has 1 aromatic carbocycles. The van der Waals surface area contributed by atoms with E-state index in [0.717, 1.165) is 5.56 Å². The van der Waals surface area contributed by atoms with Gasteiger partial charge in [-0.1, -0.05) is 6.07 Å². The number of benzene rings is 1. The molecule has 0 saturated heterocycles. The lowest BCUT2D eigenvalue weighted by molar-refractivity contribution is -0.124. The predicted molar refractivity (Wildman–Crippen MR) is 71.9 cm³/mol. The highest BCUT2D eigenvalue weighted by Gasteiger charge is 2.04. The SMILES string of the molecule is CCN(C)C(=O)/C=C/c1ccc(OC)c(OC)c1. The van der Waals surface area contributed by atoms with Gasteiger partial charge >= 0.3 is 0 Å². The first-order valence-corrected chi connectivity index (χ1v) is 5.77. The number of nitrogens with zero attached hydrogens (tertiary/aromatic N) is 1. The molecule has 1 amide bonds. The largest absolute Gasteiger partial charge is 0.493 e. The van der Waals surface area contributed by atoms with Gasteiger partial charge in [-0.3, -0.25) is 4.79 Å². The fraction of sp³-hybridized carbons (Fsp3) is 0.357. The molecule has 0 aliphatic heterocycles. The zero-order valence-corrected chi connectivity index (χ0v) is 11.3. The van der Waals surface area contributed by atoms with Crippen LogP contribution in [0.3, 0.4) is 0 Å². The summed E-state index contributed by atoms with van der Waals surface area (Å²) >= 11 is 0. The van der Waals surface area contributed by atoms with Crippen LogP contribution < -0.4 is 9.47 Å². The molecule has 18 heavy (non-hydrogen) atoms. The highest BCUT2D eigenvalue weighted by Crippen LogP contribution is 2.27. The molecule has 0 aliphatic carbocycles. The van der Waals surface area contributed by atoms with Crippen LogP contribution >= 0.6 is 0 Å². The molecule has 0 aromatic heterocycles. The summed E-state index contributed by atoms with van der Waals surface area (Å²) < 4.78 is 10.3. The summed E-state index contributed by atoms with van der Waals surface area (Å²) in [6, 6.07) is 5.51. The first-order chi connectivity index (χ1) is 8.62. The molecule has 0 heterocycles. The number of likely N-dealkylation sites (N-methyl/N-ethyl adjacent to an activating group) is 1. The van der Waals surface area contributed by atoms with Crippen LogP contribution in [0.2, 0.25) is 0 Å². The van der Waals surface area contributed by atoms with Crippen LogP contribution in [0.5, 0.6) is 11.5 Å². The van der Waals surface area contributed by atoms with Gasteiger partial charge in [-0.2, -0.15) is 0 Å². The second-order valence-corrected chi connectivity index (χ2v) is 3.80. The Labute approximate surface area is 108 Å². The molecule has 1 aromatic rings. The summed E-state index contributed by atoms with van der Waals surface area (Å²) in [5.41, 5.74) is 0.894. The molecule has 0 spiro atoms. The quantitative estimate of drug-likeness (QED) is 0.751. The van der Waals surface area contributed by atoms with Crippen molar-refractivity contribution in [2.75, 3.05) is 27.8 Å². The van der Waals surface area contributed by atoms with E-state index >= 15 is 0 Å². The average molecular weight is 249 g/mol. The van der Waals surface area contributed by atoms with E-state index in [4.69, 9.17) is 9.47 Å². The molecule has 4 nitrogen and oxygen atoms in total. The van der Waals surface area contributed by atoms with E-state index in [1.807, 2.05) is 25.1 Å². The Balaban J connectivity index is 2.85. The Bertz CT molecular complexity index is 441. The van der Waals surface area contributed by atoms with E-state index in [0.29, 0.717) is 18.0 Å². The maximum Gasteiger partial charge on any atom is 0.246 e. The second kappa shape index (κ2) is 6.69. The van der Waals surface area contributed by atoms with Gasteiger partial charge in [-0.15, -0.1) is 0 Å². The van der Waals surface area contributed by atoms with Gasteiger partial charge in [0.05, 0.1) is 14.2 Å². The van der Waals surface area contributed by atoms with Gasteiger partial charge in [0.1, 0.15) is 0 Å². The maximum atomic E-state index is 11.6. The molecule has 1 rings (SSSR count). The van der Waals surface area contributed by atoms with Crippen molar-refractivity contribution in [3.63, 3.8) is 0 Å². The average Bonchev–Trinajstić information content (AvgIpc) is 2.43. The van der Waals surface area contributed by atoms with E-state index in [1.54, 1.807) is 38.3 Å². The summed E-state index contributed by atoms with van der Waals surface area (Å²) in [6.45, 7) is 2.62. The van der Waals surface area contributed by atoms with Gasteiger partial charge in [-0.25, -0.2) is 0 Å². The molecule has 0 radical (unpaired) electrons. The van der Waals surface area contributed by atoms with Crippen molar-refractivity contribution in [1.82, 2.24) is 4.90 Å². The lowest BCUT2D eigenvalue weighted by Crippen LogP contribution is -2.23. The zero-order chi connectivity index (χ0) is 13.5. The Morgan fingerprint density at radius 2 is 1.94 bits per heavy atom. The molecule has 0 N–H and O–H groups in total. The van der Waals surface area contributed by atoms with Gasteiger partial charge in [-0.05, 0) is 30.7 Å². The highest BCUT2D eigenvalue weighted by atomic mass is 16.5. The number of amides is 1. The third-order valence-electron chi connectivity index (χ3n) is 2.68. The van der Waals surface area contributed by atoms with Crippen LogP contribution in [0.15, 0.2) is 24.3 Å². The minimum atomic E-state index is -0.0210. The second-order valence-electron chi connectivity index (χ2n) is 3.80. The van der Waals surface area contributed by atoms with Gasteiger partial charge in [0.15, 0.2) is 11.5 Å². The topological polar surface area (TPSA) is 38.8 Å². The monoisotopic (exact) mass is 249 g/mol. The highest BCUT2D eigenvalue weighted by molar-refractivity contribution is 5.91. The first-order valence-electron chi connectivity index (χ1n) is 5.77. The maximum absolute atomic E-state index is 11.6. The minimum Gasteiger partial charge on any atom is -0.493 e. The molecule has 98 valence electrons. The number of hydrogen-bond donors (Lipinski definition) is 0. The lowest BCUT2D eigenvalue weighted by Gasteiger charge is -2.11. The van der Waals surface area contributed by atoms with Crippen molar-refractivity contribution in [1.29, 1.82) is 0 Å². The summed E-state index contributed by atoms with van der Waals surface area (Å²) in [5, 5.41) is 0.